The quantitative estimate of drug-likeness (QED) is 0.194. The molecule has 7 heteroatoms. The molecular formula is C30H24N4O3. The van der Waals surface area contributed by atoms with E-state index in [-0.39, 0.29) is 11.3 Å². The highest BCUT2D eigenvalue weighted by atomic mass is 16.5. The number of rotatable bonds is 7. The van der Waals surface area contributed by atoms with Gasteiger partial charge in [0.2, 0.25) is 0 Å². The number of amides is 1. The summed E-state index contributed by atoms with van der Waals surface area (Å²) >= 11 is 0. The minimum Gasteiger partial charge on any atom is -0.508 e. The van der Waals surface area contributed by atoms with E-state index in [1.807, 2.05) is 73.0 Å². The first-order valence-corrected chi connectivity index (χ1v) is 11.5. The highest BCUT2D eigenvalue weighted by Crippen LogP contribution is 2.25. The van der Waals surface area contributed by atoms with Gasteiger partial charge in [-0.2, -0.15) is 10.5 Å². The second kappa shape index (κ2) is 11.0. The molecule has 182 valence electrons. The van der Waals surface area contributed by atoms with Gasteiger partial charge in [-0.15, -0.1) is 0 Å². The van der Waals surface area contributed by atoms with Crippen LogP contribution >= 0.6 is 0 Å². The van der Waals surface area contributed by atoms with Crippen molar-refractivity contribution in [2.24, 2.45) is 0 Å². The molecule has 0 spiro atoms. The number of hydrogen-bond acceptors (Lipinski definition) is 5. The number of carbonyl (C=O) groups excluding carboxylic acids is 1. The molecule has 0 unspecified atom stereocenters. The van der Waals surface area contributed by atoms with Crippen LogP contribution in [0.2, 0.25) is 0 Å². The SMILES string of the molecule is Cc1cc(/C=C(/C#N)C(=O)Nc2ccc(O)cc2)c(C)n1-c1ccc(OCc2ccccc2C#N)cc1. The minimum absolute atomic E-state index is 0.0327. The monoisotopic (exact) mass is 488 g/mol. The molecule has 3 aromatic carbocycles. The number of nitriles is 2. The van der Waals surface area contributed by atoms with Crippen LogP contribution < -0.4 is 10.1 Å². The Balaban J connectivity index is 1.51. The van der Waals surface area contributed by atoms with E-state index in [1.165, 1.54) is 12.1 Å². The van der Waals surface area contributed by atoms with Gasteiger partial charge >= 0.3 is 0 Å². The van der Waals surface area contributed by atoms with Crippen LogP contribution in [0.3, 0.4) is 0 Å². The summed E-state index contributed by atoms with van der Waals surface area (Å²) in [6.07, 6.45) is 1.57. The Hall–Kier alpha value is -5.27. The van der Waals surface area contributed by atoms with Gasteiger partial charge in [0, 0.05) is 28.3 Å². The molecular weight excluding hydrogens is 464 g/mol. The standard InChI is InChI=1S/C30H24N4O3/c1-20-15-24(16-25(18-32)30(36)33-26-7-11-28(35)12-8-26)21(2)34(20)27-9-13-29(14-10-27)37-19-23-6-4-3-5-22(23)17-31/h3-16,35H,19H2,1-2H3,(H,33,36)/b25-16-. The van der Waals surface area contributed by atoms with Crippen LogP contribution in [0.5, 0.6) is 11.5 Å². The predicted octanol–water partition coefficient (Wildman–Crippen LogP) is 5.80. The first kappa shape index (κ1) is 24.8. The van der Waals surface area contributed by atoms with Crippen molar-refractivity contribution in [3.63, 3.8) is 0 Å². The third-order valence-corrected chi connectivity index (χ3v) is 5.89. The van der Waals surface area contributed by atoms with Gasteiger partial charge in [0.1, 0.15) is 29.7 Å². The number of nitrogens with one attached hydrogen (secondary N) is 1. The van der Waals surface area contributed by atoms with Gasteiger partial charge < -0.3 is 19.7 Å². The lowest BCUT2D eigenvalue weighted by atomic mass is 10.1. The summed E-state index contributed by atoms with van der Waals surface area (Å²) in [5.41, 5.74) is 5.34. The largest absolute Gasteiger partial charge is 0.508 e. The number of aryl methyl sites for hydroxylation is 1. The normalized spacial score (nSPS) is 10.9. The number of ether oxygens (including phenoxy) is 1. The zero-order valence-corrected chi connectivity index (χ0v) is 20.4. The molecule has 0 radical (unpaired) electrons. The molecule has 37 heavy (non-hydrogen) atoms. The van der Waals surface area contributed by atoms with Crippen LogP contribution in [0, 0.1) is 36.5 Å². The molecule has 4 aromatic rings. The molecule has 1 aromatic heterocycles. The molecule has 0 aliphatic rings. The second-order valence-corrected chi connectivity index (χ2v) is 8.38. The van der Waals surface area contributed by atoms with Gasteiger partial charge in [-0.05, 0) is 86.2 Å². The van der Waals surface area contributed by atoms with Crippen molar-refractivity contribution in [3.05, 3.63) is 113 Å². The summed E-state index contributed by atoms with van der Waals surface area (Å²) in [5, 5.41) is 30.9. The highest BCUT2D eigenvalue weighted by Gasteiger charge is 2.14. The van der Waals surface area contributed by atoms with Crippen LogP contribution in [0.25, 0.3) is 11.8 Å². The van der Waals surface area contributed by atoms with Gasteiger partial charge in [0.05, 0.1) is 11.6 Å². The summed E-state index contributed by atoms with van der Waals surface area (Å²) in [4.78, 5) is 12.6. The van der Waals surface area contributed by atoms with Gasteiger partial charge in [-0.25, -0.2) is 0 Å². The summed E-state index contributed by atoms with van der Waals surface area (Å²) in [5.74, 6) is 0.236. The molecule has 1 heterocycles. The number of aromatic nitrogens is 1. The number of anilines is 1. The summed E-state index contributed by atoms with van der Waals surface area (Å²) in [7, 11) is 0. The van der Waals surface area contributed by atoms with E-state index >= 15 is 0 Å². The number of aromatic hydroxyl groups is 1. The maximum Gasteiger partial charge on any atom is 0.266 e. The molecule has 7 nitrogen and oxygen atoms in total. The van der Waals surface area contributed by atoms with Gasteiger partial charge in [0.25, 0.3) is 5.91 Å². The Morgan fingerprint density at radius 2 is 1.73 bits per heavy atom. The third-order valence-electron chi connectivity index (χ3n) is 5.89. The third kappa shape index (κ3) is 5.70. The Bertz CT molecular complexity index is 1550. The molecule has 0 saturated carbocycles. The van der Waals surface area contributed by atoms with E-state index in [0.717, 1.165) is 28.2 Å². The predicted molar refractivity (Wildman–Crippen MR) is 141 cm³/mol. The molecule has 0 atom stereocenters. The number of carbonyl (C=O) groups is 1. The lowest BCUT2D eigenvalue weighted by molar-refractivity contribution is -0.112. The smallest absolute Gasteiger partial charge is 0.266 e. The number of phenols is 1. The van der Waals surface area contributed by atoms with Crippen molar-refractivity contribution in [1.29, 1.82) is 10.5 Å². The number of benzene rings is 3. The van der Waals surface area contributed by atoms with Crippen molar-refractivity contribution >= 4 is 17.7 Å². The molecule has 1 amide bonds. The Morgan fingerprint density at radius 1 is 1.03 bits per heavy atom. The topological polar surface area (TPSA) is 111 Å². The molecule has 0 bridgehead atoms. The zero-order valence-electron chi connectivity index (χ0n) is 20.4. The zero-order chi connectivity index (χ0) is 26.4. The van der Waals surface area contributed by atoms with Crippen LogP contribution in [0.15, 0.2) is 84.4 Å². The van der Waals surface area contributed by atoms with E-state index < -0.39 is 5.91 Å². The van der Waals surface area contributed by atoms with Gasteiger partial charge in [0.15, 0.2) is 0 Å². The highest BCUT2D eigenvalue weighted by molar-refractivity contribution is 6.09. The summed E-state index contributed by atoms with van der Waals surface area (Å²) in [6, 6.07) is 27.0. The van der Waals surface area contributed by atoms with Crippen molar-refractivity contribution in [1.82, 2.24) is 4.57 Å². The Morgan fingerprint density at radius 3 is 2.41 bits per heavy atom. The lowest BCUT2D eigenvalue weighted by Crippen LogP contribution is -2.13. The van der Waals surface area contributed by atoms with Crippen LogP contribution in [0.1, 0.15) is 28.1 Å². The molecule has 0 fully saturated rings. The Labute approximate surface area is 215 Å². The van der Waals surface area contributed by atoms with E-state index in [2.05, 4.69) is 11.4 Å². The molecule has 0 aliphatic carbocycles. The van der Waals surface area contributed by atoms with E-state index in [1.54, 1.807) is 24.3 Å². The van der Waals surface area contributed by atoms with Crippen molar-refractivity contribution in [2.45, 2.75) is 20.5 Å². The minimum atomic E-state index is -0.530. The fraction of sp³-hybridized carbons (Fsp3) is 0.100. The second-order valence-electron chi connectivity index (χ2n) is 8.38. The lowest BCUT2D eigenvalue weighted by Gasteiger charge is -2.12. The number of hydrogen-bond donors (Lipinski definition) is 2. The van der Waals surface area contributed by atoms with Crippen LogP contribution in [0.4, 0.5) is 5.69 Å². The van der Waals surface area contributed by atoms with Crippen molar-refractivity contribution in [2.75, 3.05) is 5.32 Å². The van der Waals surface area contributed by atoms with Crippen LogP contribution in [-0.4, -0.2) is 15.6 Å². The number of nitrogens with zero attached hydrogens (tertiary/aromatic N) is 3. The van der Waals surface area contributed by atoms with E-state index in [9.17, 15) is 20.4 Å². The maximum absolute atomic E-state index is 12.6. The average Bonchev–Trinajstić information content (AvgIpc) is 3.19. The molecule has 0 saturated heterocycles. The van der Waals surface area contributed by atoms with Crippen molar-refractivity contribution < 1.29 is 14.6 Å². The van der Waals surface area contributed by atoms with Gasteiger partial charge in [-0.1, -0.05) is 18.2 Å². The summed E-state index contributed by atoms with van der Waals surface area (Å²) < 4.78 is 7.91. The molecule has 0 aliphatic heterocycles. The maximum atomic E-state index is 12.6. The first-order valence-electron chi connectivity index (χ1n) is 11.5. The van der Waals surface area contributed by atoms with E-state index in [4.69, 9.17) is 4.74 Å². The Kier molecular flexibility index (Phi) is 7.37. The van der Waals surface area contributed by atoms with Crippen LogP contribution in [-0.2, 0) is 11.4 Å². The van der Waals surface area contributed by atoms with Crippen molar-refractivity contribution in [3.8, 4) is 29.3 Å². The summed E-state index contributed by atoms with van der Waals surface area (Å²) in [6.45, 7) is 4.17. The fourth-order valence-corrected chi connectivity index (χ4v) is 3.99. The molecule has 2 N–H and O–H groups in total. The van der Waals surface area contributed by atoms with Gasteiger partial charge in [-0.3, -0.25) is 4.79 Å². The number of phenolic OH excluding ortho intramolecular Hbond substituents is 1. The first-order chi connectivity index (χ1) is 17.9. The molecule has 4 rings (SSSR count). The van der Waals surface area contributed by atoms with E-state index in [0.29, 0.717) is 23.6 Å². The average molecular weight is 489 g/mol. The fourth-order valence-electron chi connectivity index (χ4n) is 3.99.